The second-order valence-corrected chi connectivity index (χ2v) is 3.39. The van der Waals surface area contributed by atoms with Crippen molar-refractivity contribution < 1.29 is 9.53 Å². The molecule has 0 saturated heterocycles. The van der Waals surface area contributed by atoms with Gasteiger partial charge in [-0.15, -0.1) is 0 Å². The Morgan fingerprint density at radius 2 is 2.23 bits per heavy atom. The molecule has 1 rings (SSSR count). The minimum absolute atomic E-state index is 0.453. The van der Waals surface area contributed by atoms with E-state index in [-0.39, 0.29) is 0 Å². The molecule has 0 amide bonds. The van der Waals surface area contributed by atoms with E-state index in [4.69, 9.17) is 10.5 Å². The van der Waals surface area contributed by atoms with Gasteiger partial charge >= 0.3 is 0 Å². The lowest BCUT2D eigenvalue weighted by Crippen LogP contribution is -2.10. The van der Waals surface area contributed by atoms with Crippen LogP contribution in [0.2, 0.25) is 0 Å². The number of aldehydes is 1. The standard InChI is InChI=1S/C9H10BrNO2/c10-8-3-7(6-12)4-9(5-8)13-2-1-11/h3-6H,1-2,11H2. The topological polar surface area (TPSA) is 52.3 Å². The molecule has 0 aliphatic heterocycles. The Labute approximate surface area is 85.0 Å². The Hall–Kier alpha value is -0.870. The average molecular weight is 244 g/mol. The van der Waals surface area contributed by atoms with Crippen molar-refractivity contribution in [2.45, 2.75) is 0 Å². The second kappa shape index (κ2) is 4.99. The molecular weight excluding hydrogens is 234 g/mol. The number of nitrogens with two attached hydrogens (primary N) is 1. The highest BCUT2D eigenvalue weighted by Crippen LogP contribution is 2.20. The van der Waals surface area contributed by atoms with E-state index in [9.17, 15) is 4.79 Å². The van der Waals surface area contributed by atoms with E-state index < -0.39 is 0 Å². The van der Waals surface area contributed by atoms with Gasteiger partial charge in [-0.25, -0.2) is 0 Å². The number of hydrogen-bond donors (Lipinski definition) is 1. The SMILES string of the molecule is NCCOc1cc(Br)cc(C=O)c1. The first-order valence-electron chi connectivity index (χ1n) is 3.85. The number of ether oxygens (including phenoxy) is 1. The molecule has 4 heteroatoms. The summed E-state index contributed by atoms with van der Waals surface area (Å²) >= 11 is 3.28. The van der Waals surface area contributed by atoms with Crippen LogP contribution in [0.15, 0.2) is 22.7 Å². The van der Waals surface area contributed by atoms with Gasteiger partial charge in [0.15, 0.2) is 0 Å². The first kappa shape index (κ1) is 10.2. The van der Waals surface area contributed by atoms with Crippen LogP contribution in [0.5, 0.6) is 5.75 Å². The van der Waals surface area contributed by atoms with Crippen LogP contribution in [0, 0.1) is 0 Å². The molecule has 0 aromatic heterocycles. The molecular formula is C9H10BrNO2. The van der Waals surface area contributed by atoms with Gasteiger partial charge in [0.1, 0.15) is 18.6 Å². The van der Waals surface area contributed by atoms with Gasteiger partial charge in [0.05, 0.1) is 0 Å². The lowest BCUT2D eigenvalue weighted by atomic mass is 10.2. The minimum Gasteiger partial charge on any atom is -0.492 e. The molecule has 0 fully saturated rings. The van der Waals surface area contributed by atoms with Crippen molar-refractivity contribution in [1.82, 2.24) is 0 Å². The number of halogens is 1. The maximum absolute atomic E-state index is 10.5. The van der Waals surface area contributed by atoms with Crippen molar-refractivity contribution in [3.8, 4) is 5.75 Å². The fourth-order valence-corrected chi connectivity index (χ4v) is 1.40. The molecule has 1 aromatic carbocycles. The van der Waals surface area contributed by atoms with Crippen LogP contribution in [-0.2, 0) is 0 Å². The van der Waals surface area contributed by atoms with Crippen LogP contribution in [0.3, 0.4) is 0 Å². The van der Waals surface area contributed by atoms with Gasteiger partial charge in [-0.2, -0.15) is 0 Å². The molecule has 0 aliphatic carbocycles. The zero-order valence-corrected chi connectivity index (χ0v) is 8.58. The summed E-state index contributed by atoms with van der Waals surface area (Å²) in [6, 6.07) is 5.19. The maximum atomic E-state index is 10.5. The Balaban J connectivity index is 2.81. The van der Waals surface area contributed by atoms with Gasteiger partial charge in [-0.3, -0.25) is 4.79 Å². The molecule has 0 atom stereocenters. The smallest absolute Gasteiger partial charge is 0.150 e. The van der Waals surface area contributed by atoms with Crippen LogP contribution < -0.4 is 10.5 Å². The van der Waals surface area contributed by atoms with Gasteiger partial charge in [-0.05, 0) is 18.2 Å². The fourth-order valence-electron chi connectivity index (χ4n) is 0.913. The Kier molecular flexibility index (Phi) is 3.92. The van der Waals surface area contributed by atoms with Gasteiger partial charge in [0.25, 0.3) is 0 Å². The predicted octanol–water partition coefficient (Wildman–Crippen LogP) is 1.60. The monoisotopic (exact) mass is 243 g/mol. The molecule has 0 saturated carbocycles. The maximum Gasteiger partial charge on any atom is 0.150 e. The second-order valence-electron chi connectivity index (χ2n) is 2.48. The molecule has 3 nitrogen and oxygen atoms in total. The number of hydrogen-bond acceptors (Lipinski definition) is 3. The van der Waals surface area contributed by atoms with Crippen molar-refractivity contribution in [3.05, 3.63) is 28.2 Å². The van der Waals surface area contributed by atoms with Gasteiger partial charge in [0.2, 0.25) is 0 Å². The summed E-state index contributed by atoms with van der Waals surface area (Å²) in [6.07, 6.45) is 0.778. The van der Waals surface area contributed by atoms with Crippen molar-refractivity contribution in [3.63, 3.8) is 0 Å². The average Bonchev–Trinajstić information content (AvgIpc) is 2.14. The van der Waals surface area contributed by atoms with E-state index in [1.165, 1.54) is 0 Å². The van der Waals surface area contributed by atoms with Crippen molar-refractivity contribution in [2.75, 3.05) is 13.2 Å². The summed E-state index contributed by atoms with van der Waals surface area (Å²) in [5.41, 5.74) is 5.86. The minimum atomic E-state index is 0.453. The number of carbonyl (C=O) groups excluding carboxylic acids is 1. The fraction of sp³-hybridized carbons (Fsp3) is 0.222. The first-order valence-corrected chi connectivity index (χ1v) is 4.64. The molecule has 0 radical (unpaired) electrons. The molecule has 70 valence electrons. The Morgan fingerprint density at radius 3 is 2.85 bits per heavy atom. The lowest BCUT2D eigenvalue weighted by molar-refractivity contribution is 0.112. The largest absolute Gasteiger partial charge is 0.492 e. The third kappa shape index (κ3) is 3.16. The van der Waals surface area contributed by atoms with Crippen LogP contribution in [0.25, 0.3) is 0 Å². The lowest BCUT2D eigenvalue weighted by Gasteiger charge is -2.05. The normalized spacial score (nSPS) is 9.69. The van der Waals surface area contributed by atoms with E-state index in [2.05, 4.69) is 15.9 Å². The summed E-state index contributed by atoms with van der Waals surface area (Å²) < 4.78 is 6.09. The molecule has 2 N–H and O–H groups in total. The van der Waals surface area contributed by atoms with Crippen molar-refractivity contribution in [2.24, 2.45) is 5.73 Å². The third-order valence-corrected chi connectivity index (χ3v) is 1.87. The summed E-state index contributed by atoms with van der Waals surface area (Å²) in [7, 11) is 0. The zero-order valence-electron chi connectivity index (χ0n) is 7.00. The van der Waals surface area contributed by atoms with E-state index >= 15 is 0 Å². The molecule has 0 bridgehead atoms. The number of rotatable bonds is 4. The van der Waals surface area contributed by atoms with Crippen LogP contribution in [0.1, 0.15) is 10.4 Å². The molecule has 0 spiro atoms. The summed E-state index contributed by atoms with van der Waals surface area (Å²) in [5.74, 6) is 0.655. The summed E-state index contributed by atoms with van der Waals surface area (Å²) in [6.45, 7) is 0.914. The van der Waals surface area contributed by atoms with Crippen LogP contribution >= 0.6 is 15.9 Å². The van der Waals surface area contributed by atoms with E-state index in [0.717, 1.165) is 10.8 Å². The van der Waals surface area contributed by atoms with Crippen LogP contribution in [-0.4, -0.2) is 19.4 Å². The zero-order chi connectivity index (χ0) is 9.68. The Bertz CT molecular complexity index is 302. The van der Waals surface area contributed by atoms with E-state index in [1.54, 1.807) is 18.2 Å². The van der Waals surface area contributed by atoms with Gasteiger partial charge < -0.3 is 10.5 Å². The third-order valence-electron chi connectivity index (χ3n) is 1.42. The van der Waals surface area contributed by atoms with E-state index in [1.807, 2.05) is 0 Å². The molecule has 0 unspecified atom stereocenters. The first-order chi connectivity index (χ1) is 6.26. The highest BCUT2D eigenvalue weighted by molar-refractivity contribution is 9.10. The number of carbonyl (C=O) groups is 1. The predicted molar refractivity (Wildman–Crippen MR) is 54.1 cm³/mol. The summed E-state index contributed by atoms with van der Waals surface area (Å²) in [4.78, 5) is 10.5. The van der Waals surface area contributed by atoms with E-state index in [0.29, 0.717) is 24.5 Å². The van der Waals surface area contributed by atoms with Crippen molar-refractivity contribution in [1.29, 1.82) is 0 Å². The molecule has 0 heterocycles. The molecule has 0 aliphatic rings. The summed E-state index contributed by atoms with van der Waals surface area (Å²) in [5, 5.41) is 0. The highest BCUT2D eigenvalue weighted by atomic mass is 79.9. The van der Waals surface area contributed by atoms with Crippen LogP contribution in [0.4, 0.5) is 0 Å². The Morgan fingerprint density at radius 1 is 1.46 bits per heavy atom. The van der Waals surface area contributed by atoms with Gasteiger partial charge in [-0.1, -0.05) is 15.9 Å². The quantitative estimate of drug-likeness (QED) is 0.818. The highest BCUT2D eigenvalue weighted by Gasteiger charge is 1.98. The van der Waals surface area contributed by atoms with Gasteiger partial charge in [0, 0.05) is 16.6 Å². The molecule has 13 heavy (non-hydrogen) atoms. The number of benzene rings is 1. The van der Waals surface area contributed by atoms with Crippen molar-refractivity contribution >= 4 is 22.2 Å². The molecule has 1 aromatic rings.